The minimum atomic E-state index is 0. The van der Waals surface area contributed by atoms with Crippen molar-refractivity contribution in [3.63, 3.8) is 0 Å². The van der Waals surface area contributed by atoms with Crippen LogP contribution in [0.5, 0.6) is 0 Å². The van der Waals surface area contributed by atoms with Crippen molar-refractivity contribution < 1.29 is 0 Å². The van der Waals surface area contributed by atoms with Gasteiger partial charge < -0.3 is 16.0 Å². The summed E-state index contributed by atoms with van der Waals surface area (Å²) < 4.78 is 0. The van der Waals surface area contributed by atoms with Gasteiger partial charge in [0.15, 0.2) is 5.96 Å². The zero-order chi connectivity index (χ0) is 18.2. The Morgan fingerprint density at radius 3 is 2.15 bits per heavy atom. The second-order valence-corrected chi connectivity index (χ2v) is 6.81. The van der Waals surface area contributed by atoms with E-state index in [4.69, 9.17) is 5.73 Å². The molecular formula is C21H31IN4. The van der Waals surface area contributed by atoms with E-state index in [9.17, 15) is 0 Å². The maximum atomic E-state index is 6.01. The number of guanidine groups is 1. The number of halogens is 1. The van der Waals surface area contributed by atoms with Crippen LogP contribution in [-0.2, 0) is 13.1 Å². The van der Waals surface area contributed by atoms with Crippen LogP contribution in [0.3, 0.4) is 0 Å². The molecule has 0 aliphatic heterocycles. The first-order chi connectivity index (χ1) is 12.0. The van der Waals surface area contributed by atoms with Crippen molar-refractivity contribution in [1.82, 2.24) is 4.90 Å². The van der Waals surface area contributed by atoms with Crippen molar-refractivity contribution in [1.29, 1.82) is 0 Å². The molecule has 0 fully saturated rings. The smallest absolute Gasteiger partial charge is 0.193 e. The van der Waals surface area contributed by atoms with Crippen LogP contribution >= 0.6 is 24.0 Å². The lowest BCUT2D eigenvalue weighted by Crippen LogP contribution is -2.22. The summed E-state index contributed by atoms with van der Waals surface area (Å²) in [5, 5.41) is 3.15. The Bertz CT molecular complexity index is 678. The molecule has 2 aromatic carbocycles. The fourth-order valence-electron chi connectivity index (χ4n) is 2.61. The monoisotopic (exact) mass is 466 g/mol. The molecule has 0 spiro atoms. The largest absolute Gasteiger partial charge is 0.370 e. The van der Waals surface area contributed by atoms with Crippen LogP contribution in [0, 0.1) is 0 Å². The first-order valence-corrected chi connectivity index (χ1v) is 8.87. The molecule has 0 radical (unpaired) electrons. The number of nitrogens with two attached hydrogens (primary N) is 1. The Morgan fingerprint density at radius 1 is 1.04 bits per heavy atom. The Hall–Kier alpha value is -1.60. The highest BCUT2D eigenvalue weighted by molar-refractivity contribution is 14.0. The number of anilines is 1. The van der Waals surface area contributed by atoms with Crippen LogP contribution in [-0.4, -0.2) is 25.0 Å². The molecule has 1 unspecified atom stereocenters. The highest BCUT2D eigenvalue weighted by atomic mass is 127. The molecule has 0 heterocycles. The predicted octanol–water partition coefficient (Wildman–Crippen LogP) is 4.81. The van der Waals surface area contributed by atoms with E-state index in [0.717, 1.165) is 24.2 Å². The molecule has 26 heavy (non-hydrogen) atoms. The van der Waals surface area contributed by atoms with E-state index in [-0.39, 0.29) is 24.0 Å². The lowest BCUT2D eigenvalue weighted by atomic mass is 9.99. The molecule has 4 nitrogen and oxygen atoms in total. The Labute approximate surface area is 174 Å². The molecule has 142 valence electrons. The highest BCUT2D eigenvalue weighted by Crippen LogP contribution is 2.20. The number of aliphatic imine (C=N–C) groups is 1. The molecule has 0 bridgehead atoms. The van der Waals surface area contributed by atoms with Crippen molar-refractivity contribution >= 4 is 35.6 Å². The van der Waals surface area contributed by atoms with Gasteiger partial charge >= 0.3 is 0 Å². The highest BCUT2D eigenvalue weighted by Gasteiger charge is 2.03. The molecular weight excluding hydrogens is 435 g/mol. The Balaban J connectivity index is 0.00000338. The van der Waals surface area contributed by atoms with Crippen molar-refractivity contribution in [2.75, 3.05) is 19.4 Å². The van der Waals surface area contributed by atoms with Crippen molar-refractivity contribution in [3.8, 4) is 0 Å². The van der Waals surface area contributed by atoms with E-state index < -0.39 is 0 Å². The fourth-order valence-corrected chi connectivity index (χ4v) is 2.61. The first kappa shape index (κ1) is 22.4. The summed E-state index contributed by atoms with van der Waals surface area (Å²) in [4.78, 5) is 6.58. The number of hydrogen-bond donors (Lipinski definition) is 2. The quantitative estimate of drug-likeness (QED) is 0.350. The molecule has 0 saturated heterocycles. The van der Waals surface area contributed by atoms with Gasteiger partial charge in [-0.05, 0) is 55.3 Å². The third kappa shape index (κ3) is 7.33. The van der Waals surface area contributed by atoms with Gasteiger partial charge in [-0.2, -0.15) is 0 Å². The predicted molar refractivity (Wildman–Crippen MR) is 123 cm³/mol. The summed E-state index contributed by atoms with van der Waals surface area (Å²) in [7, 11) is 4.14. The van der Waals surface area contributed by atoms with Crippen LogP contribution in [0.25, 0.3) is 0 Å². The van der Waals surface area contributed by atoms with Gasteiger partial charge in [0, 0.05) is 12.2 Å². The minimum Gasteiger partial charge on any atom is -0.370 e. The van der Waals surface area contributed by atoms with Gasteiger partial charge in [0.1, 0.15) is 0 Å². The van der Waals surface area contributed by atoms with Crippen molar-refractivity contribution in [3.05, 3.63) is 65.2 Å². The maximum absolute atomic E-state index is 6.01. The van der Waals surface area contributed by atoms with E-state index in [1.165, 1.54) is 11.1 Å². The van der Waals surface area contributed by atoms with Crippen LogP contribution in [0.4, 0.5) is 5.69 Å². The Kier molecular flexibility index (Phi) is 9.65. The first-order valence-electron chi connectivity index (χ1n) is 8.87. The molecule has 3 N–H and O–H groups in total. The average molecular weight is 466 g/mol. The lowest BCUT2D eigenvalue weighted by molar-refractivity contribution is 0.402. The van der Waals surface area contributed by atoms with E-state index in [0.29, 0.717) is 18.4 Å². The van der Waals surface area contributed by atoms with Crippen LogP contribution in [0.2, 0.25) is 0 Å². The van der Waals surface area contributed by atoms with Gasteiger partial charge in [-0.25, -0.2) is 4.99 Å². The summed E-state index contributed by atoms with van der Waals surface area (Å²) in [6.07, 6.45) is 1.14. The number of nitrogens with zero attached hydrogens (tertiary/aromatic N) is 2. The SMILES string of the molecule is CCC(C)c1ccc(NC(N)=NCc2ccc(CN(C)C)cc2)cc1.I. The average Bonchev–Trinajstić information content (AvgIpc) is 2.60. The summed E-state index contributed by atoms with van der Waals surface area (Å²) in [5.41, 5.74) is 10.8. The summed E-state index contributed by atoms with van der Waals surface area (Å²) in [5.74, 6) is 1.02. The van der Waals surface area contributed by atoms with Gasteiger partial charge in [-0.3, -0.25) is 0 Å². The van der Waals surface area contributed by atoms with Gasteiger partial charge in [-0.1, -0.05) is 50.2 Å². The third-order valence-corrected chi connectivity index (χ3v) is 4.32. The van der Waals surface area contributed by atoms with E-state index >= 15 is 0 Å². The van der Waals surface area contributed by atoms with Crippen LogP contribution < -0.4 is 11.1 Å². The Morgan fingerprint density at radius 2 is 1.62 bits per heavy atom. The fraction of sp³-hybridized carbons (Fsp3) is 0.381. The van der Waals surface area contributed by atoms with Crippen molar-refractivity contribution in [2.24, 2.45) is 10.7 Å². The van der Waals surface area contributed by atoms with Gasteiger partial charge in [-0.15, -0.1) is 24.0 Å². The molecule has 5 heteroatoms. The summed E-state index contributed by atoms with van der Waals surface area (Å²) >= 11 is 0. The molecule has 0 aliphatic rings. The molecule has 2 aromatic rings. The van der Waals surface area contributed by atoms with Gasteiger partial charge in [0.05, 0.1) is 6.54 Å². The van der Waals surface area contributed by atoms with Crippen LogP contribution in [0.1, 0.15) is 42.9 Å². The van der Waals surface area contributed by atoms with E-state index in [1.807, 2.05) is 0 Å². The second kappa shape index (κ2) is 11.2. The topological polar surface area (TPSA) is 53.6 Å². The van der Waals surface area contributed by atoms with E-state index in [1.54, 1.807) is 0 Å². The maximum Gasteiger partial charge on any atom is 0.193 e. The standard InChI is InChI=1S/C21H30N4.HI/c1-5-16(2)19-10-12-20(13-11-19)24-21(22)23-14-17-6-8-18(9-7-17)15-25(3)4;/h6-13,16H,5,14-15H2,1-4H3,(H3,22,23,24);1H. The number of hydrogen-bond acceptors (Lipinski definition) is 2. The van der Waals surface area contributed by atoms with Crippen molar-refractivity contribution in [2.45, 2.75) is 39.3 Å². The summed E-state index contributed by atoms with van der Waals surface area (Å²) in [6.45, 7) is 5.96. The third-order valence-electron chi connectivity index (χ3n) is 4.32. The molecule has 0 aromatic heterocycles. The van der Waals surface area contributed by atoms with E-state index in [2.05, 4.69) is 91.7 Å². The second-order valence-electron chi connectivity index (χ2n) is 6.81. The molecule has 0 amide bonds. The van der Waals surface area contributed by atoms with Crippen LogP contribution in [0.15, 0.2) is 53.5 Å². The molecule has 2 rings (SSSR count). The molecule has 1 atom stereocenters. The number of benzene rings is 2. The number of rotatable bonds is 7. The molecule has 0 aliphatic carbocycles. The zero-order valence-electron chi connectivity index (χ0n) is 16.2. The normalized spacial score (nSPS) is 12.6. The van der Waals surface area contributed by atoms with Gasteiger partial charge in [0.2, 0.25) is 0 Å². The minimum absolute atomic E-state index is 0. The number of nitrogens with one attached hydrogen (secondary N) is 1. The van der Waals surface area contributed by atoms with Gasteiger partial charge in [0.25, 0.3) is 0 Å². The molecule has 0 saturated carbocycles. The lowest BCUT2D eigenvalue weighted by Gasteiger charge is -2.11. The summed E-state index contributed by atoms with van der Waals surface area (Å²) in [6, 6.07) is 16.9. The zero-order valence-corrected chi connectivity index (χ0v) is 18.5.